The predicted molar refractivity (Wildman–Crippen MR) is 98.6 cm³/mol. The van der Waals surface area contributed by atoms with Crippen molar-refractivity contribution in [2.75, 3.05) is 21.9 Å². The molecule has 0 bridgehead atoms. The van der Waals surface area contributed by atoms with Crippen LogP contribution in [-0.4, -0.2) is 31.6 Å². The summed E-state index contributed by atoms with van der Waals surface area (Å²) in [5.74, 6) is -0.132. The van der Waals surface area contributed by atoms with E-state index < -0.39 is 10.0 Å². The summed E-state index contributed by atoms with van der Waals surface area (Å²) in [4.78, 5) is 17.0. The first-order valence-corrected chi connectivity index (χ1v) is 9.75. The number of amides is 1. The van der Waals surface area contributed by atoms with Crippen molar-refractivity contribution in [3.8, 4) is 0 Å². The maximum absolute atomic E-state index is 12.6. The molecule has 1 aromatic carbocycles. The quantitative estimate of drug-likeness (QED) is 0.914. The first-order valence-electron chi connectivity index (χ1n) is 8.14. The number of rotatable bonds is 3. The molecule has 0 radical (unpaired) electrons. The zero-order valence-corrected chi connectivity index (χ0v) is 15.4. The van der Waals surface area contributed by atoms with Crippen LogP contribution in [0, 0.1) is 20.8 Å². The number of anilines is 2. The van der Waals surface area contributed by atoms with Gasteiger partial charge in [-0.1, -0.05) is 6.07 Å². The number of hydrogen-bond donors (Lipinski definition) is 1. The molecule has 1 fully saturated rings. The van der Waals surface area contributed by atoms with Gasteiger partial charge in [0.1, 0.15) is 0 Å². The average Bonchev–Trinajstić information content (AvgIpc) is 2.90. The zero-order chi connectivity index (χ0) is 18.2. The molecule has 1 saturated heterocycles. The van der Waals surface area contributed by atoms with Gasteiger partial charge in [0.05, 0.1) is 22.8 Å². The number of benzene rings is 1. The minimum absolute atomic E-state index is 0.150. The van der Waals surface area contributed by atoms with Crippen molar-refractivity contribution in [2.24, 2.45) is 0 Å². The first-order chi connectivity index (χ1) is 11.8. The molecular formula is C18H21N3O3S. The highest BCUT2D eigenvalue weighted by Crippen LogP contribution is 2.26. The summed E-state index contributed by atoms with van der Waals surface area (Å²) in [5.41, 5.74) is 4.23. The molecule has 0 saturated carbocycles. The number of carbonyl (C=O) groups excluding carboxylic acids is 1. The summed E-state index contributed by atoms with van der Waals surface area (Å²) in [6, 6.07) is 8.61. The smallest absolute Gasteiger partial charge is 0.255 e. The van der Waals surface area contributed by atoms with Gasteiger partial charge in [-0.2, -0.15) is 0 Å². The number of sulfonamides is 1. The molecule has 1 aliphatic rings. The molecule has 132 valence electrons. The molecule has 0 unspecified atom stereocenters. The summed E-state index contributed by atoms with van der Waals surface area (Å²) in [5, 5.41) is 2.89. The molecule has 1 N–H and O–H groups in total. The Kier molecular flexibility index (Phi) is 4.51. The number of aromatic nitrogens is 1. The summed E-state index contributed by atoms with van der Waals surface area (Å²) in [7, 11) is -3.27. The average molecular weight is 359 g/mol. The molecule has 6 nitrogen and oxygen atoms in total. The Balaban J connectivity index is 1.88. The fraction of sp³-hybridized carbons (Fsp3) is 0.333. The standard InChI is InChI=1S/C18H21N3O3S/c1-12-10-13(2)19-14(3)17(12)20-18(22)15-6-4-7-16(11-15)21-8-5-9-25(21,23)24/h4,6-7,10-11H,5,8-9H2,1-3H3,(H,20,22). The van der Waals surface area contributed by atoms with E-state index in [-0.39, 0.29) is 11.7 Å². The van der Waals surface area contributed by atoms with Gasteiger partial charge in [0.15, 0.2) is 0 Å². The van der Waals surface area contributed by atoms with Gasteiger partial charge in [0.2, 0.25) is 10.0 Å². The lowest BCUT2D eigenvalue weighted by molar-refractivity contribution is 0.102. The van der Waals surface area contributed by atoms with E-state index >= 15 is 0 Å². The molecule has 3 rings (SSSR count). The van der Waals surface area contributed by atoms with Crippen molar-refractivity contribution >= 4 is 27.3 Å². The number of hydrogen-bond acceptors (Lipinski definition) is 4. The van der Waals surface area contributed by atoms with E-state index in [2.05, 4.69) is 10.3 Å². The Morgan fingerprint density at radius 1 is 1.20 bits per heavy atom. The highest BCUT2D eigenvalue weighted by atomic mass is 32.2. The van der Waals surface area contributed by atoms with Crippen molar-refractivity contribution in [2.45, 2.75) is 27.2 Å². The van der Waals surface area contributed by atoms with Crippen LogP contribution in [0.2, 0.25) is 0 Å². The third-order valence-corrected chi connectivity index (χ3v) is 6.13. The minimum atomic E-state index is -3.27. The predicted octanol–water partition coefficient (Wildman–Crippen LogP) is 2.80. The molecular weight excluding hydrogens is 338 g/mol. The Hall–Kier alpha value is -2.41. The van der Waals surface area contributed by atoms with E-state index in [1.54, 1.807) is 24.3 Å². The van der Waals surface area contributed by atoms with Gasteiger partial charge in [-0.3, -0.25) is 14.1 Å². The number of aryl methyl sites for hydroxylation is 3. The highest BCUT2D eigenvalue weighted by molar-refractivity contribution is 7.93. The largest absolute Gasteiger partial charge is 0.320 e. The van der Waals surface area contributed by atoms with Gasteiger partial charge in [-0.15, -0.1) is 0 Å². The van der Waals surface area contributed by atoms with Crippen LogP contribution in [0.3, 0.4) is 0 Å². The van der Waals surface area contributed by atoms with Crippen LogP contribution in [0.25, 0.3) is 0 Å². The topological polar surface area (TPSA) is 79.4 Å². The van der Waals surface area contributed by atoms with Crippen molar-refractivity contribution < 1.29 is 13.2 Å². The van der Waals surface area contributed by atoms with Crippen LogP contribution in [-0.2, 0) is 10.0 Å². The van der Waals surface area contributed by atoms with Crippen molar-refractivity contribution in [3.05, 3.63) is 52.8 Å². The minimum Gasteiger partial charge on any atom is -0.320 e. The van der Waals surface area contributed by atoms with Crippen LogP contribution >= 0.6 is 0 Å². The molecule has 2 aromatic rings. The van der Waals surface area contributed by atoms with Gasteiger partial charge in [-0.05, 0) is 57.0 Å². The molecule has 0 aliphatic carbocycles. The van der Waals surface area contributed by atoms with Crippen molar-refractivity contribution in [1.82, 2.24) is 4.98 Å². The third kappa shape index (κ3) is 3.51. The SMILES string of the molecule is Cc1cc(C)c(NC(=O)c2cccc(N3CCCS3(=O)=O)c2)c(C)n1. The molecule has 7 heteroatoms. The van der Waals surface area contributed by atoms with Crippen molar-refractivity contribution in [1.29, 1.82) is 0 Å². The van der Waals surface area contributed by atoms with Crippen LogP contribution in [0.1, 0.15) is 33.7 Å². The van der Waals surface area contributed by atoms with Crippen LogP contribution in [0.15, 0.2) is 30.3 Å². The third-order valence-electron chi connectivity index (χ3n) is 4.26. The molecule has 0 atom stereocenters. The Morgan fingerprint density at radius 3 is 2.60 bits per heavy atom. The summed E-state index contributed by atoms with van der Waals surface area (Å²) in [6.45, 7) is 6.13. The first kappa shape index (κ1) is 17.4. The maximum atomic E-state index is 12.6. The zero-order valence-electron chi connectivity index (χ0n) is 14.5. The van der Waals surface area contributed by atoms with Crippen molar-refractivity contribution in [3.63, 3.8) is 0 Å². The molecule has 0 spiro atoms. The van der Waals surface area contributed by atoms with Gasteiger partial charge < -0.3 is 5.32 Å². The molecule has 2 heterocycles. The summed E-state index contributed by atoms with van der Waals surface area (Å²) in [6.07, 6.45) is 0.603. The second kappa shape index (κ2) is 6.48. The van der Waals surface area contributed by atoms with E-state index in [0.29, 0.717) is 29.9 Å². The van der Waals surface area contributed by atoms with Gasteiger partial charge in [-0.25, -0.2) is 8.42 Å². The van der Waals surface area contributed by atoms with Crippen LogP contribution in [0.5, 0.6) is 0 Å². The number of carbonyl (C=O) groups is 1. The van der Waals surface area contributed by atoms with E-state index in [9.17, 15) is 13.2 Å². The van der Waals surface area contributed by atoms with Crippen LogP contribution in [0.4, 0.5) is 11.4 Å². The molecule has 1 amide bonds. The van der Waals surface area contributed by atoms with E-state index in [1.165, 1.54) is 4.31 Å². The Bertz CT molecular complexity index is 915. The second-order valence-corrected chi connectivity index (χ2v) is 8.30. The van der Waals surface area contributed by atoms with Gasteiger partial charge >= 0.3 is 0 Å². The number of pyridine rings is 1. The number of nitrogens with zero attached hydrogens (tertiary/aromatic N) is 2. The van der Waals surface area contributed by atoms with Crippen LogP contribution < -0.4 is 9.62 Å². The monoisotopic (exact) mass is 359 g/mol. The summed E-state index contributed by atoms with van der Waals surface area (Å²) >= 11 is 0. The fourth-order valence-electron chi connectivity index (χ4n) is 3.13. The second-order valence-electron chi connectivity index (χ2n) is 6.29. The molecule has 1 aromatic heterocycles. The van der Waals surface area contributed by atoms with E-state index in [4.69, 9.17) is 0 Å². The highest BCUT2D eigenvalue weighted by Gasteiger charge is 2.28. The maximum Gasteiger partial charge on any atom is 0.255 e. The summed E-state index contributed by atoms with van der Waals surface area (Å²) < 4.78 is 25.5. The fourth-order valence-corrected chi connectivity index (χ4v) is 4.69. The Morgan fingerprint density at radius 2 is 1.96 bits per heavy atom. The van der Waals surface area contributed by atoms with Gasteiger partial charge in [0.25, 0.3) is 5.91 Å². The lowest BCUT2D eigenvalue weighted by atomic mass is 10.1. The molecule has 1 aliphatic heterocycles. The normalized spacial score (nSPS) is 16.0. The lowest BCUT2D eigenvalue weighted by Crippen LogP contribution is -2.25. The number of nitrogens with one attached hydrogen (secondary N) is 1. The van der Waals surface area contributed by atoms with E-state index in [1.807, 2.05) is 26.8 Å². The van der Waals surface area contributed by atoms with Gasteiger partial charge in [0, 0.05) is 17.8 Å². The lowest BCUT2D eigenvalue weighted by Gasteiger charge is -2.18. The Labute approximate surface area is 147 Å². The molecule has 25 heavy (non-hydrogen) atoms. The van der Waals surface area contributed by atoms with E-state index in [0.717, 1.165) is 17.0 Å².